The highest BCUT2D eigenvalue weighted by Gasteiger charge is 2.72. The fourth-order valence-electron chi connectivity index (χ4n) is 16.9. The molecule has 9 heteroatoms. The van der Waals surface area contributed by atoms with E-state index in [1.165, 1.54) is 6.92 Å². The molecule has 7 aliphatic carbocycles. The van der Waals surface area contributed by atoms with Gasteiger partial charge in [-0.3, -0.25) is 28.8 Å². The van der Waals surface area contributed by atoms with Gasteiger partial charge in [0.15, 0.2) is 17.3 Å². The quantitative estimate of drug-likeness (QED) is 0.152. The molecule has 7 aliphatic rings. The van der Waals surface area contributed by atoms with Gasteiger partial charge in [-0.05, 0) is 148 Å². The first-order valence-electron chi connectivity index (χ1n) is 25.5. The maximum atomic E-state index is 15.0. The highest BCUT2D eigenvalue weighted by atomic mass is 16.4. The first kappa shape index (κ1) is 50.0. The molecule has 0 bridgehead atoms. The number of carbonyl (C=O) groups excluding carboxylic acids is 6. The van der Waals surface area contributed by atoms with Crippen molar-refractivity contribution < 1.29 is 38.3 Å². The number of carbonyl (C=O) groups is 6. The van der Waals surface area contributed by atoms with E-state index in [0.717, 1.165) is 30.4 Å². The van der Waals surface area contributed by atoms with E-state index in [2.05, 4.69) is 34.6 Å². The molecular weight excluding hydrogens is 853 g/mol. The van der Waals surface area contributed by atoms with Crippen LogP contribution in [0.1, 0.15) is 165 Å². The second-order valence-corrected chi connectivity index (χ2v) is 24.9. The van der Waals surface area contributed by atoms with Crippen molar-refractivity contribution in [3.63, 3.8) is 0 Å². The summed E-state index contributed by atoms with van der Waals surface area (Å²) < 4.78 is 5.69. The number of fused-ring (bicyclic) bond motifs is 6. The van der Waals surface area contributed by atoms with Crippen molar-refractivity contribution in [3.05, 3.63) is 86.5 Å². The molecule has 366 valence electrons. The minimum atomic E-state index is -1.90. The summed E-state index contributed by atoms with van der Waals surface area (Å²) in [5, 5.41) is 13.2. The summed E-state index contributed by atoms with van der Waals surface area (Å²) in [4.78, 5) is 96.8. The molecule has 0 aromatic carbocycles. The van der Waals surface area contributed by atoms with Gasteiger partial charge in [0.25, 0.3) is 0 Å². The Morgan fingerprint density at radius 1 is 0.721 bits per heavy atom. The SMILES string of the molecule is CC(=O)[C@@H]1CC([C@]2(O)C(=O)C[C@H]3[C@@]4(C)CCC(=O)C(C)(C)[C@@H]4CC[C@@]32C)=C[C@@H](/C=C(\C)c2ccc(C)c(=O)o2)[C@H]1C(=O)/C(C)=C/C=C/C(C)=C1/C(=O)C[C@H]2[C@@]3(C)CCC(=O)C(C)(C)[C@@H]3CC[C@]12C. The maximum absolute atomic E-state index is 15.0. The molecule has 0 spiro atoms. The van der Waals surface area contributed by atoms with Crippen LogP contribution >= 0.6 is 0 Å². The van der Waals surface area contributed by atoms with Crippen molar-refractivity contribution in [1.29, 1.82) is 0 Å². The number of aliphatic hydroxyl groups is 1. The van der Waals surface area contributed by atoms with Crippen LogP contribution in [0.15, 0.2) is 74.0 Å². The van der Waals surface area contributed by atoms with Crippen LogP contribution in [0, 0.1) is 80.8 Å². The van der Waals surface area contributed by atoms with Gasteiger partial charge in [-0.25, -0.2) is 4.79 Å². The summed E-state index contributed by atoms with van der Waals surface area (Å²) in [6, 6.07) is 3.39. The van der Waals surface area contributed by atoms with E-state index in [0.29, 0.717) is 72.4 Å². The summed E-state index contributed by atoms with van der Waals surface area (Å²) in [7, 11) is 0. The van der Waals surface area contributed by atoms with Crippen LogP contribution < -0.4 is 5.63 Å². The van der Waals surface area contributed by atoms with Gasteiger partial charge in [0.2, 0.25) is 0 Å². The largest absolute Gasteiger partial charge is 0.423 e. The fraction of sp³-hybridized carbons (Fsp3) is 0.644. The Bertz CT molecular complexity index is 2630. The van der Waals surface area contributed by atoms with Gasteiger partial charge < -0.3 is 9.52 Å². The van der Waals surface area contributed by atoms with Crippen molar-refractivity contribution in [3.8, 4) is 0 Å². The van der Waals surface area contributed by atoms with Crippen molar-refractivity contribution in [1.82, 2.24) is 0 Å². The normalized spacial score (nSPS) is 40.9. The summed E-state index contributed by atoms with van der Waals surface area (Å²) in [5.41, 5.74) is -1.47. The minimum absolute atomic E-state index is 0.0325. The third-order valence-electron chi connectivity index (χ3n) is 20.7. The molecule has 12 atom stereocenters. The van der Waals surface area contributed by atoms with Crippen molar-refractivity contribution in [2.45, 2.75) is 166 Å². The van der Waals surface area contributed by atoms with Crippen LogP contribution in [-0.2, 0) is 28.8 Å². The summed E-state index contributed by atoms with van der Waals surface area (Å²) in [6.07, 6.45) is 15.2. The molecular formula is C59H76O9. The second-order valence-electron chi connectivity index (χ2n) is 24.9. The smallest absolute Gasteiger partial charge is 0.339 e. The Labute approximate surface area is 403 Å². The molecule has 0 unspecified atom stereocenters. The Morgan fingerprint density at radius 2 is 1.31 bits per heavy atom. The van der Waals surface area contributed by atoms with Gasteiger partial charge in [0.05, 0.1) is 0 Å². The standard InChI is InChI=1S/C59H76O9/c1-32(50-40(61)30-44-55(10)24-21-46(62)53(6,7)42(55)19-23-57(44,50)12)15-14-16-33(2)51(65)49-37(27-35(4)41-18-17-34(3)52(66)68-41)28-38(29-39(49)36(5)60)59(67)48(64)31-45-56(11)25-22-47(63)54(8,9)43(56)20-26-58(45,59)13/h14-18,27-28,37,39,42-45,49,67H,19-26,29-31H2,1-13H3/b15-14+,33-16+,35-27+,50-32-/t37-,39+,42+,43+,44+,45+,49-,55+,56+,57+,58+,59+/m1/s1. The van der Waals surface area contributed by atoms with Crippen molar-refractivity contribution >= 4 is 40.3 Å². The molecule has 8 rings (SSSR count). The first-order chi connectivity index (χ1) is 31.5. The average molecular weight is 929 g/mol. The summed E-state index contributed by atoms with van der Waals surface area (Å²) in [6.45, 7) is 25.6. The fourth-order valence-corrected chi connectivity index (χ4v) is 16.9. The summed E-state index contributed by atoms with van der Waals surface area (Å²) >= 11 is 0. The third kappa shape index (κ3) is 7.18. The molecule has 6 fully saturated rings. The zero-order valence-electron chi connectivity index (χ0n) is 43.1. The molecule has 6 saturated carbocycles. The lowest BCUT2D eigenvalue weighted by atomic mass is 9.42. The van der Waals surface area contributed by atoms with Crippen LogP contribution in [0.25, 0.3) is 5.57 Å². The predicted octanol–water partition coefficient (Wildman–Crippen LogP) is 11.0. The number of aryl methyl sites for hydroxylation is 1. The van der Waals surface area contributed by atoms with E-state index in [1.807, 2.05) is 52.0 Å². The lowest BCUT2D eigenvalue weighted by Crippen LogP contribution is -2.61. The van der Waals surface area contributed by atoms with Crippen molar-refractivity contribution in [2.24, 2.45) is 73.9 Å². The second kappa shape index (κ2) is 16.6. The zero-order valence-corrected chi connectivity index (χ0v) is 43.1. The Morgan fingerprint density at radius 3 is 1.90 bits per heavy atom. The Hall–Kier alpha value is -4.37. The molecule has 9 nitrogen and oxygen atoms in total. The Kier molecular flexibility index (Phi) is 12.2. The maximum Gasteiger partial charge on any atom is 0.339 e. The molecule has 0 amide bonds. The van der Waals surface area contributed by atoms with Gasteiger partial charge in [0, 0.05) is 76.2 Å². The molecule has 0 aliphatic heterocycles. The molecule has 0 saturated heterocycles. The van der Waals surface area contributed by atoms with Crippen molar-refractivity contribution in [2.75, 3.05) is 0 Å². The molecule has 1 aromatic rings. The van der Waals surface area contributed by atoms with Crippen LogP contribution in [-0.4, -0.2) is 45.4 Å². The van der Waals surface area contributed by atoms with Gasteiger partial charge in [0.1, 0.15) is 28.7 Å². The molecule has 0 radical (unpaired) electrons. The zero-order chi connectivity index (χ0) is 50.1. The van der Waals surface area contributed by atoms with E-state index in [1.54, 1.807) is 39.0 Å². The lowest BCUT2D eigenvalue weighted by molar-refractivity contribution is -0.172. The van der Waals surface area contributed by atoms with E-state index in [9.17, 15) is 33.9 Å². The lowest BCUT2D eigenvalue weighted by Gasteiger charge is -2.62. The number of rotatable bonds is 8. The van der Waals surface area contributed by atoms with Crippen LogP contribution in [0.2, 0.25) is 0 Å². The van der Waals surface area contributed by atoms with E-state index in [4.69, 9.17) is 4.42 Å². The number of allylic oxidation sites excluding steroid dienone is 9. The number of ketones is 6. The molecule has 1 aromatic heterocycles. The van der Waals surface area contributed by atoms with Crippen LogP contribution in [0.5, 0.6) is 0 Å². The highest BCUT2D eigenvalue weighted by Crippen LogP contribution is 2.72. The summed E-state index contributed by atoms with van der Waals surface area (Å²) in [5.74, 6) is -2.05. The average Bonchev–Trinajstić information content (AvgIpc) is 3.67. The number of Topliss-reactive ketones (excluding diaryl/α,β-unsaturated/α-hetero) is 6. The van der Waals surface area contributed by atoms with E-state index < -0.39 is 45.2 Å². The minimum Gasteiger partial charge on any atom is -0.423 e. The predicted molar refractivity (Wildman–Crippen MR) is 263 cm³/mol. The number of hydrogen-bond acceptors (Lipinski definition) is 9. The monoisotopic (exact) mass is 929 g/mol. The van der Waals surface area contributed by atoms with Gasteiger partial charge >= 0.3 is 5.63 Å². The van der Waals surface area contributed by atoms with Crippen LogP contribution in [0.3, 0.4) is 0 Å². The van der Waals surface area contributed by atoms with E-state index >= 15 is 4.79 Å². The highest BCUT2D eigenvalue weighted by molar-refractivity contribution is 6.02. The number of hydrogen-bond donors (Lipinski definition) is 1. The third-order valence-corrected chi connectivity index (χ3v) is 20.7. The molecule has 1 N–H and O–H groups in total. The van der Waals surface area contributed by atoms with Gasteiger partial charge in [-0.2, -0.15) is 0 Å². The molecule has 1 heterocycles. The van der Waals surface area contributed by atoms with Gasteiger partial charge in [-0.1, -0.05) is 85.8 Å². The topological polar surface area (TPSA) is 153 Å². The molecule has 68 heavy (non-hydrogen) atoms. The first-order valence-corrected chi connectivity index (χ1v) is 25.5. The van der Waals surface area contributed by atoms with E-state index in [-0.39, 0.29) is 81.7 Å². The van der Waals surface area contributed by atoms with Gasteiger partial charge in [-0.15, -0.1) is 0 Å². The van der Waals surface area contributed by atoms with Crippen LogP contribution in [0.4, 0.5) is 0 Å². The Balaban J connectivity index is 1.15.